The maximum absolute atomic E-state index is 12.9. The summed E-state index contributed by atoms with van der Waals surface area (Å²) in [5.41, 5.74) is 1.96. The third kappa shape index (κ3) is 4.90. The number of nitrogens with zero attached hydrogens (tertiary/aromatic N) is 3. The second kappa shape index (κ2) is 9.70. The van der Waals surface area contributed by atoms with Crippen LogP contribution in [0.2, 0.25) is 0 Å². The highest BCUT2D eigenvalue weighted by Crippen LogP contribution is 2.31. The predicted octanol–water partition coefficient (Wildman–Crippen LogP) is 2.21. The first-order valence-corrected chi connectivity index (χ1v) is 11.7. The van der Waals surface area contributed by atoms with Crippen molar-refractivity contribution in [2.24, 2.45) is 0 Å². The molecule has 33 heavy (non-hydrogen) atoms. The van der Waals surface area contributed by atoms with Gasteiger partial charge in [0.2, 0.25) is 12.0 Å². The Kier molecular flexibility index (Phi) is 6.35. The van der Waals surface area contributed by atoms with Gasteiger partial charge in [0.05, 0.1) is 17.9 Å². The van der Waals surface area contributed by atoms with E-state index >= 15 is 0 Å². The van der Waals surface area contributed by atoms with Crippen LogP contribution in [0.15, 0.2) is 48.5 Å². The van der Waals surface area contributed by atoms with Crippen LogP contribution >= 0.6 is 0 Å². The average molecular weight is 451 g/mol. The quantitative estimate of drug-likeness (QED) is 0.753. The Bertz CT molecular complexity index is 999. The molecule has 0 unspecified atom stereocenters. The minimum Gasteiger partial charge on any atom is -0.485 e. The smallest absolute Gasteiger partial charge is 0.267 e. The summed E-state index contributed by atoms with van der Waals surface area (Å²) in [6, 6.07) is 15.4. The number of fused-ring (bicyclic) bond motifs is 1. The molecule has 8 heteroatoms. The second-order valence-corrected chi connectivity index (χ2v) is 8.73. The van der Waals surface area contributed by atoms with E-state index in [4.69, 9.17) is 9.47 Å². The lowest BCUT2D eigenvalue weighted by atomic mass is 10.2. The third-order valence-electron chi connectivity index (χ3n) is 6.46. The number of rotatable bonds is 5. The number of benzene rings is 2. The van der Waals surface area contributed by atoms with Gasteiger partial charge in [-0.15, -0.1) is 0 Å². The Morgan fingerprint density at radius 1 is 0.879 bits per heavy atom. The number of carbonyl (C=O) groups excluding carboxylic acids is 2. The van der Waals surface area contributed by atoms with Gasteiger partial charge in [-0.1, -0.05) is 24.3 Å². The van der Waals surface area contributed by atoms with Crippen LogP contribution in [0.4, 0.5) is 11.4 Å². The maximum Gasteiger partial charge on any atom is 0.267 e. The molecule has 0 radical (unpaired) electrons. The summed E-state index contributed by atoms with van der Waals surface area (Å²) in [4.78, 5) is 31.9. The van der Waals surface area contributed by atoms with Gasteiger partial charge in [-0.3, -0.25) is 14.5 Å². The fourth-order valence-electron chi connectivity index (χ4n) is 4.68. The highest BCUT2D eigenvalue weighted by Gasteiger charge is 2.33. The van der Waals surface area contributed by atoms with E-state index in [2.05, 4.69) is 21.2 Å². The summed E-state index contributed by atoms with van der Waals surface area (Å²) < 4.78 is 11.5. The number of hydrogen-bond acceptors (Lipinski definition) is 6. The highest BCUT2D eigenvalue weighted by molar-refractivity contribution is 5.95. The normalized spacial score (nSPS) is 20.5. The molecule has 8 nitrogen and oxygen atoms in total. The van der Waals surface area contributed by atoms with Crippen molar-refractivity contribution in [1.29, 1.82) is 0 Å². The summed E-state index contributed by atoms with van der Waals surface area (Å²) >= 11 is 0. The molecule has 2 fully saturated rings. The maximum atomic E-state index is 12.9. The molecule has 0 aromatic heterocycles. The number of para-hydroxylation sites is 4. The molecule has 2 saturated heterocycles. The molecule has 3 aliphatic heterocycles. The first-order valence-electron chi connectivity index (χ1n) is 11.7. The molecular weight excluding hydrogens is 420 g/mol. The van der Waals surface area contributed by atoms with Crippen molar-refractivity contribution < 1.29 is 19.1 Å². The zero-order chi connectivity index (χ0) is 22.6. The predicted molar refractivity (Wildman–Crippen MR) is 126 cm³/mol. The van der Waals surface area contributed by atoms with Gasteiger partial charge in [0, 0.05) is 39.3 Å². The minimum atomic E-state index is -0.628. The highest BCUT2D eigenvalue weighted by atomic mass is 16.6. The van der Waals surface area contributed by atoms with Crippen LogP contribution in [0.25, 0.3) is 0 Å². The van der Waals surface area contributed by atoms with Gasteiger partial charge < -0.3 is 24.6 Å². The molecule has 2 aromatic rings. The molecule has 1 atom stereocenters. The van der Waals surface area contributed by atoms with E-state index < -0.39 is 6.10 Å². The number of amides is 2. The van der Waals surface area contributed by atoms with E-state index in [-0.39, 0.29) is 18.4 Å². The molecule has 0 saturated carbocycles. The molecule has 174 valence electrons. The van der Waals surface area contributed by atoms with Gasteiger partial charge >= 0.3 is 0 Å². The summed E-state index contributed by atoms with van der Waals surface area (Å²) in [6.07, 6.45) is 1.75. The van der Waals surface area contributed by atoms with Crippen LogP contribution in [-0.2, 0) is 9.59 Å². The van der Waals surface area contributed by atoms with Crippen molar-refractivity contribution in [3.8, 4) is 11.5 Å². The number of carbonyl (C=O) groups is 2. The van der Waals surface area contributed by atoms with Gasteiger partial charge in [0.25, 0.3) is 5.91 Å². The fourth-order valence-corrected chi connectivity index (χ4v) is 4.68. The van der Waals surface area contributed by atoms with E-state index in [0.717, 1.165) is 24.5 Å². The van der Waals surface area contributed by atoms with Crippen molar-refractivity contribution in [2.45, 2.75) is 18.9 Å². The largest absolute Gasteiger partial charge is 0.485 e. The number of anilines is 2. The number of piperazine rings is 1. The standard InChI is InChI=1S/C25H30N4O4/c30-24(26-19-7-1-2-8-20(19)28-11-5-6-12-28)17-27-13-15-29(16-14-27)25(31)23-18-32-21-9-3-4-10-22(21)33-23/h1-4,7-10,23H,5-6,11-18H2,(H,26,30)/t23-/m0/s1. The van der Waals surface area contributed by atoms with Gasteiger partial charge in [0.1, 0.15) is 6.61 Å². The van der Waals surface area contributed by atoms with E-state index in [1.165, 1.54) is 12.8 Å². The molecule has 5 rings (SSSR count). The molecule has 0 spiro atoms. The lowest BCUT2D eigenvalue weighted by Gasteiger charge is -2.36. The molecule has 3 heterocycles. The lowest BCUT2D eigenvalue weighted by Crippen LogP contribution is -2.54. The van der Waals surface area contributed by atoms with Crippen molar-refractivity contribution in [3.63, 3.8) is 0 Å². The first-order chi connectivity index (χ1) is 16.2. The van der Waals surface area contributed by atoms with Crippen molar-refractivity contribution in [2.75, 3.05) is 62.6 Å². The van der Waals surface area contributed by atoms with Crippen molar-refractivity contribution >= 4 is 23.2 Å². The molecule has 3 aliphatic rings. The van der Waals surface area contributed by atoms with Gasteiger partial charge in [-0.25, -0.2) is 0 Å². The van der Waals surface area contributed by atoms with E-state index in [0.29, 0.717) is 44.2 Å². The van der Waals surface area contributed by atoms with E-state index in [9.17, 15) is 9.59 Å². The molecular formula is C25H30N4O4. The number of nitrogens with one attached hydrogen (secondary N) is 1. The Hall–Kier alpha value is -3.26. The molecule has 0 aliphatic carbocycles. The molecule has 2 aromatic carbocycles. The van der Waals surface area contributed by atoms with Crippen molar-refractivity contribution in [3.05, 3.63) is 48.5 Å². The molecule has 1 N–H and O–H groups in total. The lowest BCUT2D eigenvalue weighted by molar-refractivity contribution is -0.143. The summed E-state index contributed by atoms with van der Waals surface area (Å²) in [5.74, 6) is 1.19. The Morgan fingerprint density at radius 3 is 2.36 bits per heavy atom. The number of ether oxygens (including phenoxy) is 2. The van der Waals surface area contributed by atoms with Gasteiger partial charge in [-0.05, 0) is 37.1 Å². The van der Waals surface area contributed by atoms with E-state index in [1.807, 2.05) is 42.5 Å². The summed E-state index contributed by atoms with van der Waals surface area (Å²) in [5, 5.41) is 3.09. The van der Waals surface area contributed by atoms with E-state index in [1.54, 1.807) is 4.90 Å². The monoisotopic (exact) mass is 450 g/mol. The average Bonchev–Trinajstić information content (AvgIpc) is 3.39. The Morgan fingerprint density at radius 2 is 1.58 bits per heavy atom. The van der Waals surface area contributed by atoms with Crippen LogP contribution in [0, 0.1) is 0 Å². The topological polar surface area (TPSA) is 74.4 Å². The fraction of sp³-hybridized carbons (Fsp3) is 0.440. The second-order valence-electron chi connectivity index (χ2n) is 8.73. The van der Waals surface area contributed by atoms with Crippen molar-refractivity contribution in [1.82, 2.24) is 9.80 Å². The summed E-state index contributed by atoms with van der Waals surface area (Å²) in [6.45, 7) is 5.03. The minimum absolute atomic E-state index is 0.0259. The Labute approximate surface area is 194 Å². The van der Waals surface area contributed by atoms with Crippen LogP contribution in [0.1, 0.15) is 12.8 Å². The zero-order valence-corrected chi connectivity index (χ0v) is 18.7. The van der Waals surface area contributed by atoms with Crippen LogP contribution in [0.5, 0.6) is 11.5 Å². The Balaban J connectivity index is 1.11. The third-order valence-corrected chi connectivity index (χ3v) is 6.46. The van der Waals surface area contributed by atoms with Crippen LogP contribution < -0.4 is 19.7 Å². The van der Waals surface area contributed by atoms with Gasteiger partial charge in [0.15, 0.2) is 11.5 Å². The zero-order valence-electron chi connectivity index (χ0n) is 18.7. The first kappa shape index (κ1) is 21.6. The van der Waals surface area contributed by atoms with Crippen LogP contribution in [-0.4, -0.2) is 80.1 Å². The number of hydrogen-bond donors (Lipinski definition) is 1. The molecule has 0 bridgehead atoms. The SMILES string of the molecule is O=C(CN1CCN(C(=O)[C@@H]2COc3ccccc3O2)CC1)Nc1ccccc1N1CCCC1. The summed E-state index contributed by atoms with van der Waals surface area (Å²) in [7, 11) is 0. The van der Waals surface area contributed by atoms with Crippen LogP contribution in [0.3, 0.4) is 0 Å². The van der Waals surface area contributed by atoms with Gasteiger partial charge in [-0.2, -0.15) is 0 Å². The molecule has 2 amide bonds.